The second-order valence-electron chi connectivity index (χ2n) is 6.50. The lowest BCUT2D eigenvalue weighted by molar-refractivity contribution is 0.402. The summed E-state index contributed by atoms with van der Waals surface area (Å²) >= 11 is 4.43. The average molecular weight is 538 g/mol. The Labute approximate surface area is 166 Å². The minimum atomic E-state index is -0.000964. The van der Waals surface area contributed by atoms with Gasteiger partial charge in [0.25, 0.3) is 0 Å². The molecule has 0 fully saturated rings. The monoisotopic (exact) mass is 538 g/mol. The molecule has 126 valence electrons. The van der Waals surface area contributed by atoms with E-state index < -0.39 is 0 Å². The van der Waals surface area contributed by atoms with E-state index in [1.807, 2.05) is 6.92 Å². The first kappa shape index (κ1) is 19.1. The summed E-state index contributed by atoms with van der Waals surface area (Å²) in [4.78, 5) is 0. The fourth-order valence-corrected chi connectivity index (χ4v) is 5.60. The average Bonchev–Trinajstić information content (AvgIpc) is 2.49. The number of halogens is 2. The molecule has 2 atom stereocenters. The van der Waals surface area contributed by atoms with E-state index in [2.05, 4.69) is 71.7 Å². The van der Waals surface area contributed by atoms with Crippen molar-refractivity contribution in [2.75, 3.05) is 0 Å². The molecule has 4 heteroatoms. The van der Waals surface area contributed by atoms with E-state index >= 15 is 0 Å². The lowest BCUT2D eigenvalue weighted by Crippen LogP contribution is -2.18. The number of hydrogen-bond acceptors (Lipinski definition) is 2. The molecule has 23 heavy (non-hydrogen) atoms. The van der Waals surface area contributed by atoms with Gasteiger partial charge in [0.1, 0.15) is 11.5 Å². The highest BCUT2D eigenvalue weighted by atomic mass is 127. The Balaban J connectivity index is 2.66. The molecule has 1 aromatic carbocycles. The molecule has 0 saturated heterocycles. The number of phenolic OH excluding ortho intramolecular Hbond substituents is 2. The van der Waals surface area contributed by atoms with Crippen molar-refractivity contribution in [3.8, 4) is 11.5 Å². The van der Waals surface area contributed by atoms with E-state index in [4.69, 9.17) is 0 Å². The van der Waals surface area contributed by atoms with E-state index in [1.54, 1.807) is 0 Å². The molecule has 1 aromatic rings. The van der Waals surface area contributed by atoms with Crippen LogP contribution in [0.2, 0.25) is 0 Å². The van der Waals surface area contributed by atoms with Gasteiger partial charge in [-0.15, -0.1) is 0 Å². The lowest BCUT2D eigenvalue weighted by Gasteiger charge is -2.32. The van der Waals surface area contributed by atoms with Crippen molar-refractivity contribution in [2.24, 2.45) is 5.92 Å². The van der Waals surface area contributed by atoms with Gasteiger partial charge in [0, 0.05) is 11.5 Å². The van der Waals surface area contributed by atoms with Crippen molar-refractivity contribution in [2.45, 2.75) is 52.4 Å². The Kier molecular flexibility index (Phi) is 6.44. The molecule has 0 amide bonds. The quantitative estimate of drug-likeness (QED) is 0.351. The Morgan fingerprint density at radius 3 is 2.30 bits per heavy atom. The molecule has 0 saturated carbocycles. The predicted molar refractivity (Wildman–Crippen MR) is 113 cm³/mol. The van der Waals surface area contributed by atoms with Gasteiger partial charge in [0.05, 0.1) is 7.14 Å². The highest BCUT2D eigenvalue weighted by Crippen LogP contribution is 2.50. The maximum atomic E-state index is 10.8. The van der Waals surface area contributed by atoms with Crippen LogP contribution in [-0.2, 0) is 6.42 Å². The topological polar surface area (TPSA) is 40.5 Å². The maximum absolute atomic E-state index is 10.8. The van der Waals surface area contributed by atoms with Gasteiger partial charge in [0.2, 0.25) is 0 Å². The van der Waals surface area contributed by atoms with Crippen LogP contribution in [0.3, 0.4) is 0 Å². The molecule has 2 rings (SSSR count). The highest BCUT2D eigenvalue weighted by molar-refractivity contribution is 14.1. The minimum Gasteiger partial charge on any atom is -0.506 e. The van der Waals surface area contributed by atoms with E-state index in [0.29, 0.717) is 5.56 Å². The highest BCUT2D eigenvalue weighted by Gasteiger charge is 2.32. The number of benzene rings is 1. The summed E-state index contributed by atoms with van der Waals surface area (Å²) in [6, 6.07) is 0. The minimum absolute atomic E-state index is 0.000964. The van der Waals surface area contributed by atoms with E-state index in [-0.39, 0.29) is 23.3 Å². The van der Waals surface area contributed by atoms with Crippen molar-refractivity contribution in [1.29, 1.82) is 0 Å². The van der Waals surface area contributed by atoms with Gasteiger partial charge in [-0.3, -0.25) is 0 Å². The van der Waals surface area contributed by atoms with Crippen LogP contribution in [-0.4, -0.2) is 10.2 Å². The van der Waals surface area contributed by atoms with Crippen LogP contribution in [0.5, 0.6) is 11.5 Å². The Morgan fingerprint density at radius 2 is 1.83 bits per heavy atom. The summed E-state index contributed by atoms with van der Waals surface area (Å²) in [5, 5.41) is 21.6. The summed E-state index contributed by atoms with van der Waals surface area (Å²) in [6.07, 6.45) is 6.12. The number of hydrogen-bond donors (Lipinski definition) is 2. The Morgan fingerprint density at radius 1 is 1.26 bits per heavy atom. The molecule has 0 spiro atoms. The van der Waals surface area contributed by atoms with E-state index in [1.165, 1.54) is 5.57 Å². The molecular weight excluding hydrogens is 514 g/mol. The van der Waals surface area contributed by atoms with Gasteiger partial charge >= 0.3 is 0 Å². The second-order valence-corrected chi connectivity index (χ2v) is 8.66. The van der Waals surface area contributed by atoms with Crippen molar-refractivity contribution in [3.05, 3.63) is 42.1 Å². The predicted octanol–water partition coefficient (Wildman–Crippen LogP) is 6.28. The molecule has 2 N–H and O–H groups in total. The van der Waals surface area contributed by atoms with E-state index in [9.17, 15) is 10.2 Å². The maximum Gasteiger partial charge on any atom is 0.136 e. The van der Waals surface area contributed by atoms with Crippen molar-refractivity contribution < 1.29 is 10.2 Å². The van der Waals surface area contributed by atoms with Gasteiger partial charge < -0.3 is 10.2 Å². The molecule has 1 aliphatic carbocycles. The summed E-state index contributed by atoms with van der Waals surface area (Å²) in [5.41, 5.74) is 4.15. The van der Waals surface area contributed by atoms with Crippen LogP contribution in [0.4, 0.5) is 0 Å². The summed E-state index contributed by atoms with van der Waals surface area (Å²) in [5.74, 6) is 0.751. The van der Waals surface area contributed by atoms with Gasteiger partial charge in [-0.2, -0.15) is 0 Å². The van der Waals surface area contributed by atoms with E-state index in [0.717, 1.165) is 44.0 Å². The van der Waals surface area contributed by atoms with Gasteiger partial charge in [0.15, 0.2) is 0 Å². The molecule has 0 heterocycles. The molecule has 0 radical (unpaired) electrons. The zero-order chi connectivity index (χ0) is 17.3. The largest absolute Gasteiger partial charge is 0.506 e. The molecule has 1 aliphatic rings. The van der Waals surface area contributed by atoms with Crippen LogP contribution < -0.4 is 0 Å². The first-order chi connectivity index (χ1) is 10.8. The molecule has 2 nitrogen and oxygen atoms in total. The second kappa shape index (κ2) is 7.76. The normalized spacial score (nSPS) is 21.2. The van der Waals surface area contributed by atoms with Gasteiger partial charge in [-0.25, -0.2) is 0 Å². The number of phenols is 2. The van der Waals surface area contributed by atoms with Crippen molar-refractivity contribution >= 4 is 45.2 Å². The third-order valence-corrected chi connectivity index (χ3v) is 6.99. The van der Waals surface area contributed by atoms with Crippen LogP contribution in [0, 0.1) is 13.1 Å². The summed E-state index contributed by atoms with van der Waals surface area (Å²) in [7, 11) is 0. The van der Waals surface area contributed by atoms with Crippen LogP contribution in [0.25, 0.3) is 0 Å². The summed E-state index contributed by atoms with van der Waals surface area (Å²) in [6.45, 7) is 10.4. The lowest BCUT2D eigenvalue weighted by atomic mass is 9.73. The fraction of sp³-hybridized carbons (Fsp3) is 0.474. The van der Waals surface area contributed by atoms with Crippen molar-refractivity contribution in [3.63, 3.8) is 0 Å². The van der Waals surface area contributed by atoms with Crippen LogP contribution in [0.1, 0.15) is 57.1 Å². The summed E-state index contributed by atoms with van der Waals surface area (Å²) < 4.78 is 1.75. The zero-order valence-corrected chi connectivity index (χ0v) is 18.2. The number of allylic oxidation sites excluding steroid dienone is 3. The third kappa shape index (κ3) is 3.72. The standard InChI is InChI=1S/C19H24I2O2/c1-5-6-13-16(20)18(22)15(19(23)17(13)21)14-9-11(4)7-8-12(14)10(2)3/h9,12,14,22-23H,2,5-8H2,1,3-4H3/t12?,14-/m1/s1. The van der Waals surface area contributed by atoms with Crippen molar-refractivity contribution in [1.82, 2.24) is 0 Å². The number of aromatic hydroxyl groups is 2. The molecule has 0 aromatic heterocycles. The molecular formula is C19H24I2O2. The number of rotatable bonds is 4. The molecule has 1 unspecified atom stereocenters. The SMILES string of the molecule is C=C(C)C1CCC(C)=C[C@H]1c1c(O)c(I)c(CCC)c(I)c1O. The first-order valence-corrected chi connectivity index (χ1v) is 10.2. The Hall–Kier alpha value is -0.240. The first-order valence-electron chi connectivity index (χ1n) is 8.03. The third-order valence-electron chi connectivity index (χ3n) is 4.67. The fourth-order valence-electron chi connectivity index (χ4n) is 3.42. The van der Waals surface area contributed by atoms with Gasteiger partial charge in [-0.05, 0) is 89.8 Å². The molecule has 0 aliphatic heterocycles. The van der Waals surface area contributed by atoms with Gasteiger partial charge in [-0.1, -0.05) is 37.1 Å². The molecule has 0 bridgehead atoms. The smallest absolute Gasteiger partial charge is 0.136 e. The Bertz CT molecular complexity index is 633. The zero-order valence-electron chi connectivity index (χ0n) is 13.9. The van der Waals surface area contributed by atoms with Crippen LogP contribution in [0.15, 0.2) is 23.8 Å². The van der Waals surface area contributed by atoms with Crippen LogP contribution >= 0.6 is 45.2 Å².